The monoisotopic (exact) mass is 462 g/mol. The number of rotatable bonds is 10. The Morgan fingerprint density at radius 1 is 1.12 bits per heavy atom. The Hall–Kier alpha value is -3.14. The van der Waals surface area contributed by atoms with E-state index in [4.69, 9.17) is 5.73 Å². The summed E-state index contributed by atoms with van der Waals surface area (Å²) in [6.45, 7) is 5.56. The van der Waals surface area contributed by atoms with E-state index in [-0.39, 0.29) is 30.4 Å². The molecule has 1 aliphatic rings. The lowest BCUT2D eigenvalue weighted by Crippen LogP contribution is -2.56. The van der Waals surface area contributed by atoms with E-state index in [1.165, 1.54) is 24.0 Å². The highest BCUT2D eigenvalue weighted by atomic mass is 16.4. The van der Waals surface area contributed by atoms with Crippen LogP contribution in [-0.2, 0) is 25.6 Å². The molecule has 0 aliphatic carbocycles. The summed E-state index contributed by atoms with van der Waals surface area (Å²) in [7, 11) is 0. The third-order valence-corrected chi connectivity index (χ3v) is 5.62. The first-order chi connectivity index (χ1) is 15.5. The van der Waals surface area contributed by atoms with E-state index in [0.717, 1.165) is 5.56 Å². The Kier molecular flexibility index (Phi) is 9.22. The number of phenolic OH excluding ortho intramolecular Hbond substituents is 1. The molecule has 6 N–H and O–H groups in total. The lowest BCUT2D eigenvalue weighted by Gasteiger charge is -2.28. The number of benzene rings is 1. The largest absolute Gasteiger partial charge is 0.508 e. The second-order valence-electron chi connectivity index (χ2n) is 8.93. The number of hydrogen-bond donors (Lipinski definition) is 5. The van der Waals surface area contributed by atoms with E-state index >= 15 is 0 Å². The Bertz CT molecular complexity index is 857. The highest BCUT2D eigenvalue weighted by molar-refractivity contribution is 5.94. The molecule has 33 heavy (non-hydrogen) atoms. The highest BCUT2D eigenvalue weighted by Gasteiger charge is 2.37. The molecule has 3 amide bonds. The molecule has 1 fully saturated rings. The van der Waals surface area contributed by atoms with Gasteiger partial charge in [-0.25, -0.2) is 4.79 Å². The molecule has 1 aromatic rings. The third-order valence-electron chi connectivity index (χ3n) is 5.62. The molecule has 10 heteroatoms. The summed E-state index contributed by atoms with van der Waals surface area (Å²) in [6, 6.07) is 2.79. The molecule has 0 radical (unpaired) electrons. The maximum atomic E-state index is 12.9. The first-order valence-electron chi connectivity index (χ1n) is 11.2. The van der Waals surface area contributed by atoms with Gasteiger partial charge >= 0.3 is 5.97 Å². The van der Waals surface area contributed by atoms with Gasteiger partial charge in [0.15, 0.2) is 0 Å². The number of carboxylic acids is 1. The Morgan fingerprint density at radius 3 is 2.33 bits per heavy atom. The summed E-state index contributed by atoms with van der Waals surface area (Å²) in [5, 5.41) is 23.7. The summed E-state index contributed by atoms with van der Waals surface area (Å²) < 4.78 is 0. The van der Waals surface area contributed by atoms with Gasteiger partial charge in [-0.15, -0.1) is 0 Å². The van der Waals surface area contributed by atoms with E-state index < -0.39 is 42.0 Å². The predicted octanol–water partition coefficient (Wildman–Crippen LogP) is 0.373. The van der Waals surface area contributed by atoms with Crippen molar-refractivity contribution in [3.8, 4) is 5.75 Å². The van der Waals surface area contributed by atoms with Crippen molar-refractivity contribution in [2.75, 3.05) is 6.54 Å². The quantitative estimate of drug-likeness (QED) is 0.335. The van der Waals surface area contributed by atoms with E-state index in [9.17, 15) is 29.4 Å². The standard InChI is InChI=1S/C23H34N4O6/c1-13(2)11-18(23(32)33)26-20(29)14(3)25-21(30)19-5-4-10-27(19)22(31)17(24)12-15-6-8-16(28)9-7-15/h6-9,13-14,17-19,28H,4-5,10-12,24H2,1-3H3,(H,25,30)(H,26,29)(H,32,33)/t14-,17-,18-,19-/m0/s1. The summed E-state index contributed by atoms with van der Waals surface area (Å²) >= 11 is 0. The fourth-order valence-electron chi connectivity index (χ4n) is 3.85. The zero-order valence-corrected chi connectivity index (χ0v) is 19.3. The third kappa shape index (κ3) is 7.45. The first-order valence-corrected chi connectivity index (χ1v) is 11.2. The van der Waals surface area contributed by atoms with Crippen molar-refractivity contribution >= 4 is 23.7 Å². The van der Waals surface area contributed by atoms with Crippen molar-refractivity contribution in [1.29, 1.82) is 0 Å². The van der Waals surface area contributed by atoms with Gasteiger partial charge in [-0.05, 0) is 56.2 Å². The van der Waals surface area contributed by atoms with Crippen LogP contribution in [0.4, 0.5) is 0 Å². The van der Waals surface area contributed by atoms with Crippen LogP contribution in [0.5, 0.6) is 5.75 Å². The highest BCUT2D eigenvalue weighted by Crippen LogP contribution is 2.20. The van der Waals surface area contributed by atoms with Crippen molar-refractivity contribution in [3.05, 3.63) is 29.8 Å². The smallest absolute Gasteiger partial charge is 0.326 e. The average Bonchev–Trinajstić information content (AvgIpc) is 3.23. The van der Waals surface area contributed by atoms with E-state index in [1.54, 1.807) is 12.1 Å². The number of nitrogens with zero attached hydrogens (tertiary/aromatic N) is 1. The van der Waals surface area contributed by atoms with Crippen LogP contribution < -0.4 is 16.4 Å². The van der Waals surface area contributed by atoms with Gasteiger partial charge < -0.3 is 31.5 Å². The number of nitrogens with one attached hydrogen (secondary N) is 2. The molecule has 2 rings (SSSR count). The number of hydrogen-bond acceptors (Lipinski definition) is 6. The number of aromatic hydroxyl groups is 1. The van der Waals surface area contributed by atoms with E-state index in [0.29, 0.717) is 19.4 Å². The Morgan fingerprint density at radius 2 is 1.76 bits per heavy atom. The fraction of sp³-hybridized carbons (Fsp3) is 0.565. The number of likely N-dealkylation sites (tertiary alicyclic amines) is 1. The number of amides is 3. The summed E-state index contributed by atoms with van der Waals surface area (Å²) in [5.41, 5.74) is 6.88. The van der Waals surface area contributed by atoms with Crippen LogP contribution >= 0.6 is 0 Å². The van der Waals surface area contributed by atoms with Crippen molar-refractivity contribution in [1.82, 2.24) is 15.5 Å². The average molecular weight is 463 g/mol. The summed E-state index contributed by atoms with van der Waals surface area (Å²) in [5.74, 6) is -2.38. The van der Waals surface area contributed by atoms with Gasteiger partial charge in [0, 0.05) is 6.54 Å². The SMILES string of the molecule is CC(C)C[C@H](NC(=O)[C@H](C)NC(=O)[C@@H]1CCCN1C(=O)[C@@H](N)Cc1ccc(O)cc1)C(=O)O. The number of aliphatic carboxylic acids is 1. The Balaban J connectivity index is 1.95. The van der Waals surface area contributed by atoms with Crippen LogP contribution in [0.1, 0.15) is 45.6 Å². The van der Waals surface area contributed by atoms with Crippen molar-refractivity contribution in [3.63, 3.8) is 0 Å². The van der Waals surface area contributed by atoms with Crippen LogP contribution in [-0.4, -0.2) is 69.5 Å². The first kappa shape index (κ1) is 26.1. The maximum absolute atomic E-state index is 12.9. The maximum Gasteiger partial charge on any atom is 0.326 e. The van der Waals surface area contributed by atoms with E-state index in [1.807, 2.05) is 13.8 Å². The van der Waals surface area contributed by atoms with Crippen LogP contribution in [0.3, 0.4) is 0 Å². The number of nitrogens with two attached hydrogens (primary N) is 1. The summed E-state index contributed by atoms with van der Waals surface area (Å²) in [6.07, 6.45) is 1.61. The van der Waals surface area contributed by atoms with Crippen LogP contribution in [0.15, 0.2) is 24.3 Å². The summed E-state index contributed by atoms with van der Waals surface area (Å²) in [4.78, 5) is 51.0. The lowest BCUT2D eigenvalue weighted by molar-refractivity contribution is -0.143. The molecule has 10 nitrogen and oxygen atoms in total. The molecular formula is C23H34N4O6. The molecule has 1 aromatic carbocycles. The molecule has 0 saturated carbocycles. The Labute approximate surface area is 193 Å². The number of phenols is 1. The van der Waals surface area contributed by atoms with Gasteiger partial charge in [0.2, 0.25) is 17.7 Å². The topological polar surface area (TPSA) is 162 Å². The van der Waals surface area contributed by atoms with Crippen LogP contribution in [0.25, 0.3) is 0 Å². The molecule has 4 atom stereocenters. The van der Waals surface area contributed by atoms with Crippen molar-refractivity contribution in [2.24, 2.45) is 11.7 Å². The molecule has 0 spiro atoms. The van der Waals surface area contributed by atoms with Gasteiger partial charge in [-0.3, -0.25) is 14.4 Å². The minimum absolute atomic E-state index is 0.0696. The number of carboxylic acid groups (broad SMARTS) is 1. The number of carbonyl (C=O) groups is 4. The molecule has 0 aromatic heterocycles. The van der Waals surface area contributed by atoms with Gasteiger partial charge in [0.05, 0.1) is 6.04 Å². The van der Waals surface area contributed by atoms with Crippen LogP contribution in [0, 0.1) is 5.92 Å². The zero-order chi connectivity index (χ0) is 24.7. The molecular weight excluding hydrogens is 428 g/mol. The molecule has 0 unspecified atom stereocenters. The normalized spacial score (nSPS) is 18.5. The lowest BCUT2D eigenvalue weighted by atomic mass is 10.0. The second kappa shape index (κ2) is 11.6. The predicted molar refractivity (Wildman–Crippen MR) is 121 cm³/mol. The van der Waals surface area contributed by atoms with Gasteiger partial charge in [0.25, 0.3) is 0 Å². The van der Waals surface area contributed by atoms with Crippen molar-refractivity contribution < 1.29 is 29.4 Å². The molecule has 1 heterocycles. The number of carbonyl (C=O) groups excluding carboxylic acids is 3. The molecule has 0 bridgehead atoms. The zero-order valence-electron chi connectivity index (χ0n) is 19.3. The molecule has 182 valence electrons. The molecule has 1 aliphatic heterocycles. The minimum atomic E-state index is -1.13. The van der Waals surface area contributed by atoms with E-state index in [2.05, 4.69) is 10.6 Å². The van der Waals surface area contributed by atoms with Crippen LogP contribution in [0.2, 0.25) is 0 Å². The second-order valence-corrected chi connectivity index (χ2v) is 8.93. The minimum Gasteiger partial charge on any atom is -0.508 e. The van der Waals surface area contributed by atoms with Gasteiger partial charge in [0.1, 0.15) is 23.9 Å². The fourth-order valence-corrected chi connectivity index (χ4v) is 3.85. The van der Waals surface area contributed by atoms with Gasteiger partial charge in [-0.2, -0.15) is 0 Å². The molecule has 1 saturated heterocycles. The van der Waals surface area contributed by atoms with Crippen molar-refractivity contribution in [2.45, 2.75) is 70.6 Å². The van der Waals surface area contributed by atoms with Gasteiger partial charge in [-0.1, -0.05) is 26.0 Å².